The standard InChI is InChI=1S/C17H23NO4/c1-16(2,3)18-9-14(21-15(18)19)11-6-7-13-12(8-11)10-20-17(4,5)22-13/h6-8,14H,9-10H2,1-5H3. The molecular formula is C17H23NO4. The molecule has 0 aromatic heterocycles. The van der Waals surface area contributed by atoms with Gasteiger partial charge in [-0.15, -0.1) is 0 Å². The fourth-order valence-electron chi connectivity index (χ4n) is 2.74. The lowest BCUT2D eigenvalue weighted by Gasteiger charge is -2.33. The molecule has 1 atom stereocenters. The van der Waals surface area contributed by atoms with Gasteiger partial charge in [-0.05, 0) is 38.5 Å². The van der Waals surface area contributed by atoms with E-state index in [1.54, 1.807) is 4.90 Å². The van der Waals surface area contributed by atoms with E-state index in [0.717, 1.165) is 16.9 Å². The molecule has 120 valence electrons. The van der Waals surface area contributed by atoms with Crippen LogP contribution in [-0.2, 0) is 16.1 Å². The van der Waals surface area contributed by atoms with Crippen molar-refractivity contribution in [3.8, 4) is 5.75 Å². The predicted molar refractivity (Wildman–Crippen MR) is 81.6 cm³/mol. The topological polar surface area (TPSA) is 48.0 Å². The van der Waals surface area contributed by atoms with Crippen LogP contribution in [-0.4, -0.2) is 28.9 Å². The fraction of sp³-hybridized carbons (Fsp3) is 0.588. The highest BCUT2D eigenvalue weighted by Crippen LogP contribution is 2.36. The zero-order valence-corrected chi connectivity index (χ0v) is 13.8. The Balaban J connectivity index is 1.82. The van der Waals surface area contributed by atoms with Gasteiger partial charge in [0.1, 0.15) is 11.9 Å². The third-order valence-corrected chi connectivity index (χ3v) is 4.01. The number of rotatable bonds is 1. The minimum absolute atomic E-state index is 0.240. The molecule has 5 heteroatoms. The summed E-state index contributed by atoms with van der Waals surface area (Å²) in [6, 6.07) is 5.90. The number of carbonyl (C=O) groups excluding carboxylic acids is 1. The van der Waals surface area contributed by atoms with Crippen LogP contribution < -0.4 is 4.74 Å². The molecule has 2 aliphatic heterocycles. The lowest BCUT2D eigenvalue weighted by atomic mass is 10.0. The smallest absolute Gasteiger partial charge is 0.411 e. The van der Waals surface area contributed by atoms with Crippen LogP contribution in [0.25, 0.3) is 0 Å². The molecule has 0 aliphatic carbocycles. The van der Waals surface area contributed by atoms with Gasteiger partial charge in [0.15, 0.2) is 0 Å². The Morgan fingerprint density at radius 1 is 1.27 bits per heavy atom. The van der Waals surface area contributed by atoms with E-state index >= 15 is 0 Å². The summed E-state index contributed by atoms with van der Waals surface area (Å²) in [5, 5.41) is 0. The summed E-state index contributed by atoms with van der Waals surface area (Å²) in [4.78, 5) is 13.8. The van der Waals surface area contributed by atoms with Gasteiger partial charge >= 0.3 is 6.09 Å². The lowest BCUT2D eigenvalue weighted by molar-refractivity contribution is -0.180. The van der Waals surface area contributed by atoms with Crippen molar-refractivity contribution < 1.29 is 19.0 Å². The van der Waals surface area contributed by atoms with Crippen molar-refractivity contribution in [3.63, 3.8) is 0 Å². The van der Waals surface area contributed by atoms with Gasteiger partial charge in [0.2, 0.25) is 5.79 Å². The first-order valence-corrected chi connectivity index (χ1v) is 7.60. The molecule has 1 amide bonds. The van der Waals surface area contributed by atoms with Crippen LogP contribution in [0.5, 0.6) is 5.75 Å². The van der Waals surface area contributed by atoms with Crippen LogP contribution in [0.3, 0.4) is 0 Å². The maximum atomic E-state index is 12.0. The van der Waals surface area contributed by atoms with Gasteiger partial charge in [-0.25, -0.2) is 4.79 Å². The maximum absolute atomic E-state index is 12.0. The van der Waals surface area contributed by atoms with Crippen molar-refractivity contribution in [2.24, 2.45) is 0 Å². The third kappa shape index (κ3) is 2.77. The Labute approximate surface area is 131 Å². The number of nitrogens with zero attached hydrogens (tertiary/aromatic N) is 1. The van der Waals surface area contributed by atoms with E-state index in [-0.39, 0.29) is 17.7 Å². The predicted octanol–water partition coefficient (Wildman–Crippen LogP) is 3.62. The molecular weight excluding hydrogens is 282 g/mol. The Hall–Kier alpha value is -1.75. The number of hydrogen-bond donors (Lipinski definition) is 0. The van der Waals surface area contributed by atoms with Crippen molar-refractivity contribution in [2.75, 3.05) is 6.54 Å². The molecule has 2 heterocycles. The second kappa shape index (κ2) is 4.88. The molecule has 22 heavy (non-hydrogen) atoms. The third-order valence-electron chi connectivity index (χ3n) is 4.01. The van der Waals surface area contributed by atoms with Gasteiger partial charge in [-0.3, -0.25) is 4.90 Å². The minimum Gasteiger partial charge on any atom is -0.463 e. The average Bonchev–Trinajstić information content (AvgIpc) is 2.79. The van der Waals surface area contributed by atoms with Gasteiger partial charge in [-0.2, -0.15) is 0 Å². The number of fused-ring (bicyclic) bond motifs is 1. The molecule has 1 saturated heterocycles. The van der Waals surface area contributed by atoms with E-state index in [2.05, 4.69) is 0 Å². The summed E-state index contributed by atoms with van der Waals surface area (Å²) >= 11 is 0. The van der Waals surface area contributed by atoms with E-state index in [0.29, 0.717) is 13.2 Å². The molecule has 3 rings (SSSR count). The number of ether oxygens (including phenoxy) is 3. The number of benzene rings is 1. The van der Waals surface area contributed by atoms with Crippen LogP contribution in [0.1, 0.15) is 51.8 Å². The van der Waals surface area contributed by atoms with Crippen LogP contribution in [0.4, 0.5) is 4.79 Å². The van der Waals surface area contributed by atoms with Crippen LogP contribution in [0.15, 0.2) is 18.2 Å². The zero-order chi connectivity index (χ0) is 16.1. The molecule has 5 nitrogen and oxygen atoms in total. The SMILES string of the molecule is CC1(C)OCc2cc(C3CN(C(C)(C)C)C(=O)O3)ccc2O1. The lowest BCUT2D eigenvalue weighted by Crippen LogP contribution is -2.41. The number of hydrogen-bond acceptors (Lipinski definition) is 4. The van der Waals surface area contributed by atoms with Gasteiger partial charge in [0, 0.05) is 24.9 Å². The molecule has 1 unspecified atom stereocenters. The van der Waals surface area contributed by atoms with E-state index in [4.69, 9.17) is 14.2 Å². The van der Waals surface area contributed by atoms with E-state index in [9.17, 15) is 4.79 Å². The van der Waals surface area contributed by atoms with Gasteiger partial charge in [0.05, 0.1) is 13.2 Å². The second-order valence-electron chi connectivity index (χ2n) is 7.31. The summed E-state index contributed by atoms with van der Waals surface area (Å²) in [7, 11) is 0. The molecule has 2 aliphatic rings. The first-order chi connectivity index (χ1) is 10.2. The highest BCUT2D eigenvalue weighted by Gasteiger charge is 2.39. The van der Waals surface area contributed by atoms with Gasteiger partial charge in [0.25, 0.3) is 0 Å². The second-order valence-corrected chi connectivity index (χ2v) is 7.31. The fourth-order valence-corrected chi connectivity index (χ4v) is 2.74. The first-order valence-electron chi connectivity index (χ1n) is 7.60. The number of carbonyl (C=O) groups is 1. The number of cyclic esters (lactones) is 1. The van der Waals surface area contributed by atoms with Crippen LogP contribution >= 0.6 is 0 Å². The summed E-state index contributed by atoms with van der Waals surface area (Å²) in [6.45, 7) is 10.9. The molecule has 0 radical (unpaired) electrons. The van der Waals surface area contributed by atoms with Crippen molar-refractivity contribution in [1.82, 2.24) is 4.90 Å². The van der Waals surface area contributed by atoms with Crippen LogP contribution in [0, 0.1) is 0 Å². The number of amides is 1. The summed E-state index contributed by atoms with van der Waals surface area (Å²) in [6.07, 6.45) is -0.504. The van der Waals surface area contributed by atoms with E-state index < -0.39 is 5.79 Å². The van der Waals surface area contributed by atoms with Crippen molar-refractivity contribution >= 4 is 6.09 Å². The van der Waals surface area contributed by atoms with Crippen molar-refractivity contribution in [2.45, 2.75) is 58.7 Å². The molecule has 0 spiro atoms. The summed E-state index contributed by atoms with van der Waals surface area (Å²) in [5.74, 6) is 0.231. The minimum atomic E-state index is -0.600. The quantitative estimate of drug-likeness (QED) is 0.795. The normalized spacial score (nSPS) is 23.8. The molecule has 0 saturated carbocycles. The first kappa shape index (κ1) is 15.2. The average molecular weight is 305 g/mol. The van der Waals surface area contributed by atoms with Crippen LogP contribution in [0.2, 0.25) is 0 Å². The van der Waals surface area contributed by atoms with E-state index in [1.807, 2.05) is 52.8 Å². The molecule has 1 aromatic rings. The molecule has 1 aromatic carbocycles. The Kier molecular flexibility index (Phi) is 3.36. The molecule has 0 bridgehead atoms. The monoisotopic (exact) mass is 305 g/mol. The van der Waals surface area contributed by atoms with Crippen molar-refractivity contribution in [1.29, 1.82) is 0 Å². The zero-order valence-electron chi connectivity index (χ0n) is 13.8. The highest BCUT2D eigenvalue weighted by atomic mass is 16.7. The highest BCUT2D eigenvalue weighted by molar-refractivity contribution is 5.71. The van der Waals surface area contributed by atoms with Crippen molar-refractivity contribution in [3.05, 3.63) is 29.3 Å². The summed E-state index contributed by atoms with van der Waals surface area (Å²) in [5.41, 5.74) is 1.73. The molecule has 0 N–H and O–H groups in total. The molecule has 1 fully saturated rings. The maximum Gasteiger partial charge on any atom is 0.411 e. The van der Waals surface area contributed by atoms with E-state index in [1.165, 1.54) is 0 Å². The Morgan fingerprint density at radius 3 is 2.64 bits per heavy atom. The summed E-state index contributed by atoms with van der Waals surface area (Å²) < 4.78 is 17.0. The Morgan fingerprint density at radius 2 is 2.00 bits per heavy atom. The van der Waals surface area contributed by atoms with Gasteiger partial charge in [-0.1, -0.05) is 6.07 Å². The largest absolute Gasteiger partial charge is 0.463 e. The Bertz CT molecular complexity index is 603. The van der Waals surface area contributed by atoms with Gasteiger partial charge < -0.3 is 14.2 Å².